The van der Waals surface area contributed by atoms with Crippen LogP contribution >= 0.6 is 0 Å². The van der Waals surface area contributed by atoms with Crippen LogP contribution in [0, 0.1) is 5.92 Å². The Bertz CT molecular complexity index is 989. The van der Waals surface area contributed by atoms with Crippen molar-refractivity contribution in [3.63, 3.8) is 0 Å². The highest BCUT2D eigenvalue weighted by molar-refractivity contribution is 5.97. The highest BCUT2D eigenvalue weighted by Gasteiger charge is 2.17. The molecule has 4 rings (SSSR count). The molecule has 0 spiro atoms. The molecule has 0 aliphatic heterocycles. The van der Waals surface area contributed by atoms with E-state index in [9.17, 15) is 4.79 Å². The summed E-state index contributed by atoms with van der Waals surface area (Å²) in [6.07, 6.45) is 12.8. The standard InChI is InChI=1S/C27H28N2O/c30-27(12-4-8-21-6-3-7-21)23-9-5-11-26(20-23)29-25-17-14-22(15-18-25)13-16-24-10-1-2-19-28-24/h1-2,5,9-11,13-21,29H,3-4,6-8,12H2/b16-13+. The van der Waals surface area contributed by atoms with E-state index in [4.69, 9.17) is 0 Å². The Hall–Kier alpha value is -3.20. The molecule has 1 saturated carbocycles. The lowest BCUT2D eigenvalue weighted by Gasteiger charge is -2.24. The smallest absolute Gasteiger partial charge is 0.162 e. The van der Waals surface area contributed by atoms with Gasteiger partial charge in [0.05, 0.1) is 5.69 Å². The summed E-state index contributed by atoms with van der Waals surface area (Å²) in [5.74, 6) is 1.11. The molecule has 0 unspecified atom stereocenters. The number of pyridine rings is 1. The second-order valence-corrected chi connectivity index (χ2v) is 8.03. The molecule has 1 fully saturated rings. The van der Waals surface area contributed by atoms with E-state index < -0.39 is 0 Å². The number of Topliss-reactive ketones (excluding diaryl/α,β-unsaturated/α-hetero) is 1. The number of benzene rings is 2. The maximum atomic E-state index is 12.5. The van der Waals surface area contributed by atoms with E-state index in [1.807, 2.05) is 60.7 Å². The summed E-state index contributed by atoms with van der Waals surface area (Å²) >= 11 is 0. The molecular weight excluding hydrogens is 368 g/mol. The van der Waals surface area contributed by atoms with Crippen molar-refractivity contribution < 1.29 is 4.79 Å². The van der Waals surface area contributed by atoms with Crippen molar-refractivity contribution in [3.05, 3.63) is 89.7 Å². The number of hydrogen-bond donors (Lipinski definition) is 1. The summed E-state index contributed by atoms with van der Waals surface area (Å²) in [5.41, 5.74) is 4.79. The van der Waals surface area contributed by atoms with E-state index in [1.54, 1.807) is 6.20 Å². The molecule has 1 heterocycles. The zero-order valence-corrected chi connectivity index (χ0v) is 17.3. The summed E-state index contributed by atoms with van der Waals surface area (Å²) in [4.78, 5) is 16.8. The molecule has 1 aliphatic rings. The molecule has 3 nitrogen and oxygen atoms in total. The average Bonchev–Trinajstić information content (AvgIpc) is 2.76. The molecule has 152 valence electrons. The fraction of sp³-hybridized carbons (Fsp3) is 0.259. The Balaban J connectivity index is 1.33. The van der Waals surface area contributed by atoms with Crippen LogP contribution in [0.15, 0.2) is 72.9 Å². The first-order valence-electron chi connectivity index (χ1n) is 10.9. The third-order valence-corrected chi connectivity index (χ3v) is 5.76. The number of rotatable bonds is 9. The number of hydrogen-bond acceptors (Lipinski definition) is 3. The van der Waals surface area contributed by atoms with Gasteiger partial charge in [-0.1, -0.05) is 62.1 Å². The van der Waals surface area contributed by atoms with Gasteiger partial charge in [0.25, 0.3) is 0 Å². The molecule has 2 aromatic carbocycles. The molecular formula is C27H28N2O. The van der Waals surface area contributed by atoms with Gasteiger partial charge in [0.1, 0.15) is 0 Å². The molecule has 1 aliphatic carbocycles. The van der Waals surface area contributed by atoms with Crippen LogP contribution in [0.4, 0.5) is 11.4 Å². The first-order valence-corrected chi connectivity index (χ1v) is 10.9. The van der Waals surface area contributed by atoms with Gasteiger partial charge in [0.2, 0.25) is 0 Å². The number of anilines is 2. The predicted octanol–water partition coefficient (Wildman–Crippen LogP) is 7.15. The fourth-order valence-electron chi connectivity index (χ4n) is 3.75. The Morgan fingerprint density at radius 2 is 1.83 bits per heavy atom. The van der Waals surface area contributed by atoms with Gasteiger partial charge in [0, 0.05) is 29.6 Å². The number of ketones is 1. The van der Waals surface area contributed by atoms with Crippen LogP contribution in [0.3, 0.4) is 0 Å². The first-order chi connectivity index (χ1) is 14.8. The van der Waals surface area contributed by atoms with Gasteiger partial charge in [-0.15, -0.1) is 0 Å². The quantitative estimate of drug-likeness (QED) is 0.391. The van der Waals surface area contributed by atoms with Crippen molar-refractivity contribution in [2.24, 2.45) is 5.92 Å². The average molecular weight is 397 g/mol. The van der Waals surface area contributed by atoms with Crippen molar-refractivity contribution in [1.29, 1.82) is 0 Å². The summed E-state index contributed by atoms with van der Waals surface area (Å²) in [5, 5.41) is 3.40. The lowest BCUT2D eigenvalue weighted by molar-refractivity contribution is 0.0975. The van der Waals surface area contributed by atoms with Crippen LogP contribution in [0.2, 0.25) is 0 Å². The third kappa shape index (κ3) is 5.66. The van der Waals surface area contributed by atoms with Gasteiger partial charge in [0.15, 0.2) is 5.78 Å². The van der Waals surface area contributed by atoms with Crippen molar-refractivity contribution in [3.8, 4) is 0 Å². The normalized spacial score (nSPS) is 13.9. The van der Waals surface area contributed by atoms with E-state index in [1.165, 1.54) is 25.7 Å². The van der Waals surface area contributed by atoms with E-state index in [2.05, 4.69) is 28.5 Å². The minimum Gasteiger partial charge on any atom is -0.356 e. The van der Waals surface area contributed by atoms with Gasteiger partial charge in [-0.2, -0.15) is 0 Å². The Morgan fingerprint density at radius 1 is 0.967 bits per heavy atom. The van der Waals surface area contributed by atoms with Crippen LogP contribution in [0.25, 0.3) is 12.2 Å². The third-order valence-electron chi connectivity index (χ3n) is 5.76. The maximum Gasteiger partial charge on any atom is 0.162 e. The van der Waals surface area contributed by atoms with E-state index >= 15 is 0 Å². The van der Waals surface area contributed by atoms with Gasteiger partial charge in [-0.25, -0.2) is 0 Å². The number of carbonyl (C=O) groups excluding carboxylic acids is 1. The molecule has 1 aromatic heterocycles. The van der Waals surface area contributed by atoms with Crippen LogP contribution in [-0.2, 0) is 0 Å². The zero-order chi connectivity index (χ0) is 20.6. The maximum absolute atomic E-state index is 12.5. The van der Waals surface area contributed by atoms with Crippen molar-refractivity contribution in [2.75, 3.05) is 5.32 Å². The minimum absolute atomic E-state index is 0.244. The van der Waals surface area contributed by atoms with Crippen molar-refractivity contribution in [2.45, 2.75) is 38.5 Å². The van der Waals surface area contributed by atoms with Gasteiger partial charge >= 0.3 is 0 Å². The van der Waals surface area contributed by atoms with Gasteiger partial charge in [-0.05, 0) is 60.4 Å². The second kappa shape index (κ2) is 10.0. The van der Waals surface area contributed by atoms with E-state index in [0.717, 1.165) is 40.5 Å². The molecule has 3 aromatic rings. The SMILES string of the molecule is O=C(CCCC1CCC1)c1cccc(Nc2ccc(/C=C/c3ccccn3)cc2)c1. The fourth-order valence-corrected chi connectivity index (χ4v) is 3.75. The Morgan fingerprint density at radius 3 is 2.57 bits per heavy atom. The predicted molar refractivity (Wildman–Crippen MR) is 125 cm³/mol. The van der Waals surface area contributed by atoms with Gasteiger partial charge in [-0.3, -0.25) is 9.78 Å². The van der Waals surface area contributed by atoms with Crippen LogP contribution in [0.5, 0.6) is 0 Å². The van der Waals surface area contributed by atoms with Gasteiger partial charge < -0.3 is 5.32 Å². The van der Waals surface area contributed by atoms with Crippen molar-refractivity contribution >= 4 is 29.3 Å². The Labute approximate surface area is 178 Å². The largest absolute Gasteiger partial charge is 0.356 e. The molecule has 30 heavy (non-hydrogen) atoms. The molecule has 3 heteroatoms. The Kier molecular flexibility index (Phi) is 6.71. The van der Waals surface area contributed by atoms with E-state index in [0.29, 0.717) is 6.42 Å². The zero-order valence-electron chi connectivity index (χ0n) is 17.3. The highest BCUT2D eigenvalue weighted by atomic mass is 16.1. The summed E-state index contributed by atoms with van der Waals surface area (Å²) in [6, 6.07) is 21.9. The summed E-state index contributed by atoms with van der Waals surface area (Å²) in [6.45, 7) is 0. The first kappa shape index (κ1) is 20.1. The van der Waals surface area contributed by atoms with Crippen LogP contribution < -0.4 is 5.32 Å². The summed E-state index contributed by atoms with van der Waals surface area (Å²) in [7, 11) is 0. The summed E-state index contributed by atoms with van der Waals surface area (Å²) < 4.78 is 0. The number of nitrogens with one attached hydrogen (secondary N) is 1. The molecule has 1 N–H and O–H groups in total. The topological polar surface area (TPSA) is 42.0 Å². The number of aromatic nitrogens is 1. The molecule has 0 saturated heterocycles. The minimum atomic E-state index is 0.244. The lowest BCUT2D eigenvalue weighted by atomic mass is 9.81. The molecule has 0 amide bonds. The van der Waals surface area contributed by atoms with Crippen LogP contribution in [0.1, 0.15) is 60.1 Å². The second-order valence-electron chi connectivity index (χ2n) is 8.03. The molecule has 0 atom stereocenters. The van der Waals surface area contributed by atoms with E-state index in [-0.39, 0.29) is 5.78 Å². The molecule has 0 radical (unpaired) electrons. The van der Waals surface area contributed by atoms with Crippen LogP contribution in [-0.4, -0.2) is 10.8 Å². The number of carbonyl (C=O) groups is 1. The number of nitrogens with zero attached hydrogens (tertiary/aromatic N) is 1. The molecule has 0 bridgehead atoms. The monoisotopic (exact) mass is 396 g/mol. The highest BCUT2D eigenvalue weighted by Crippen LogP contribution is 2.31. The lowest BCUT2D eigenvalue weighted by Crippen LogP contribution is -2.11. The van der Waals surface area contributed by atoms with Crippen molar-refractivity contribution in [1.82, 2.24) is 4.98 Å².